The Labute approximate surface area is 462 Å². The van der Waals surface area contributed by atoms with Gasteiger partial charge >= 0.3 is 0 Å². The lowest BCUT2D eigenvalue weighted by atomic mass is 9.69. The van der Waals surface area contributed by atoms with E-state index in [1.807, 2.05) is 81.1 Å². The Morgan fingerprint density at radius 3 is 2.23 bits per heavy atom. The van der Waals surface area contributed by atoms with E-state index in [4.69, 9.17) is 40.3 Å². The van der Waals surface area contributed by atoms with Gasteiger partial charge in [-0.2, -0.15) is 0 Å². The molecule has 0 spiro atoms. The number of β-amino-alcohol motifs (C(OH)–C–C–N with tert-alkyl or cyclic N) is 1. The number of carbonyl (C=O) groups excluding carboxylic acids is 4. The molecule has 4 heterocycles. The minimum atomic E-state index is -0.948. The molecule has 7 rings (SSSR count). The molecule has 0 bridgehead atoms. The van der Waals surface area contributed by atoms with Crippen molar-refractivity contribution in [2.75, 3.05) is 71.3 Å². The van der Waals surface area contributed by atoms with Crippen LogP contribution in [0.1, 0.15) is 76.2 Å². The standard InChI is InChI=1S/C55H70ClFN8O10S2/c1-36-48(77-35-61-36)38-13-11-37(12-14-38)33-60-50(68)43-31-40(66)34-65(43)51(69)49(54(2,3)4)64-46(67)17-22-71-24-26-73-28-29-74-27-25-72-23-20-58-52(70)55(32-39-7-5-10-45(62-39)63-53-59-21-30-76-53)18-15-41(16-19-55)75-44-9-6-8-42(56)47(44)57/h5-14,21,30,35,40-41,43,49,66H,15-20,22-29,31-34H2,1-4H3,(H,58,70)(H,60,68)(H,64,67)(H,59,62,63)/t40-,41-,43+,49-,55-/m1/s1. The number of anilines is 2. The number of thiazole rings is 2. The van der Waals surface area contributed by atoms with Crippen LogP contribution in [0.15, 0.2) is 77.8 Å². The van der Waals surface area contributed by atoms with Crippen molar-refractivity contribution in [1.82, 2.24) is 35.8 Å². The molecular weight excluding hydrogens is 1050 g/mol. The zero-order chi connectivity index (χ0) is 54.8. The normalized spacial score (nSPS) is 18.9. The highest BCUT2D eigenvalue weighted by molar-refractivity contribution is 7.13. The molecule has 22 heteroatoms. The van der Waals surface area contributed by atoms with Gasteiger partial charge in [-0.15, -0.1) is 22.7 Å². The van der Waals surface area contributed by atoms with Gasteiger partial charge in [-0.3, -0.25) is 19.2 Å². The monoisotopic (exact) mass is 1120 g/mol. The Balaban J connectivity index is 0.746. The third kappa shape index (κ3) is 17.4. The van der Waals surface area contributed by atoms with Gasteiger partial charge in [0, 0.05) is 56.2 Å². The highest BCUT2D eigenvalue weighted by atomic mass is 35.5. The molecule has 416 valence electrons. The molecule has 3 atom stereocenters. The Morgan fingerprint density at radius 2 is 1.57 bits per heavy atom. The number of amides is 4. The number of benzene rings is 2. The predicted octanol–water partition coefficient (Wildman–Crippen LogP) is 7.44. The van der Waals surface area contributed by atoms with Crippen LogP contribution < -0.4 is 26.0 Å². The molecule has 2 fully saturated rings. The Morgan fingerprint density at radius 1 is 0.883 bits per heavy atom. The van der Waals surface area contributed by atoms with Gasteiger partial charge < -0.3 is 55.0 Å². The summed E-state index contributed by atoms with van der Waals surface area (Å²) in [6.45, 7) is 10.2. The summed E-state index contributed by atoms with van der Waals surface area (Å²) < 4.78 is 43.3. The van der Waals surface area contributed by atoms with Crippen LogP contribution in [-0.2, 0) is 51.1 Å². The number of likely N-dealkylation sites (tertiary alicyclic amines) is 1. The van der Waals surface area contributed by atoms with Crippen molar-refractivity contribution in [3.05, 3.63) is 106 Å². The fraction of sp³-hybridized carbons (Fsp3) is 0.509. The molecule has 1 aliphatic carbocycles. The van der Waals surface area contributed by atoms with Crippen LogP contribution in [0.5, 0.6) is 5.75 Å². The van der Waals surface area contributed by atoms with E-state index in [0.717, 1.165) is 27.4 Å². The number of nitrogens with zero attached hydrogens (tertiary/aromatic N) is 4. The highest BCUT2D eigenvalue weighted by Gasteiger charge is 2.45. The molecule has 5 N–H and O–H groups in total. The zero-order valence-corrected chi connectivity index (χ0v) is 46.4. The van der Waals surface area contributed by atoms with Crippen molar-refractivity contribution in [3.8, 4) is 16.2 Å². The van der Waals surface area contributed by atoms with Crippen LogP contribution in [-0.4, -0.2) is 139 Å². The minimum Gasteiger partial charge on any atom is -0.487 e. The topological polar surface area (TPSA) is 225 Å². The van der Waals surface area contributed by atoms with E-state index in [2.05, 4.69) is 31.2 Å². The molecule has 1 saturated carbocycles. The van der Waals surface area contributed by atoms with Crippen molar-refractivity contribution in [2.45, 2.75) is 103 Å². The van der Waals surface area contributed by atoms with Crippen LogP contribution in [0.4, 0.5) is 15.3 Å². The summed E-state index contributed by atoms with van der Waals surface area (Å²) >= 11 is 9.02. The van der Waals surface area contributed by atoms with E-state index in [1.54, 1.807) is 29.7 Å². The van der Waals surface area contributed by atoms with Gasteiger partial charge in [0.2, 0.25) is 23.6 Å². The van der Waals surface area contributed by atoms with Crippen molar-refractivity contribution in [1.29, 1.82) is 0 Å². The van der Waals surface area contributed by atoms with Crippen molar-refractivity contribution in [3.63, 3.8) is 0 Å². The number of rotatable bonds is 28. The number of nitrogens with one attached hydrogen (secondary N) is 4. The second-order valence-electron chi connectivity index (χ2n) is 20.2. The first-order valence-corrected chi connectivity index (χ1v) is 28.1. The van der Waals surface area contributed by atoms with Crippen molar-refractivity contribution < 1.29 is 52.4 Å². The number of ether oxygens (including phenoxy) is 5. The van der Waals surface area contributed by atoms with Crippen LogP contribution >= 0.6 is 34.3 Å². The van der Waals surface area contributed by atoms with E-state index < -0.39 is 40.7 Å². The quantitative estimate of drug-likeness (QED) is 0.0307. The molecule has 3 aromatic heterocycles. The first-order valence-electron chi connectivity index (χ1n) is 26.0. The van der Waals surface area contributed by atoms with Crippen molar-refractivity contribution in [2.24, 2.45) is 10.8 Å². The number of hydrogen-bond donors (Lipinski definition) is 5. The molecule has 2 aliphatic rings. The first kappa shape index (κ1) is 59.0. The van der Waals surface area contributed by atoms with E-state index in [0.29, 0.717) is 76.0 Å². The number of pyridine rings is 1. The second-order valence-corrected chi connectivity index (χ2v) is 22.4. The maximum atomic E-state index is 14.7. The zero-order valence-electron chi connectivity index (χ0n) is 44.0. The summed E-state index contributed by atoms with van der Waals surface area (Å²) in [6, 6.07) is 16.4. The second kappa shape index (κ2) is 28.8. The van der Waals surface area contributed by atoms with Crippen LogP contribution in [0, 0.1) is 23.6 Å². The van der Waals surface area contributed by atoms with Gasteiger partial charge in [0.15, 0.2) is 16.7 Å². The highest BCUT2D eigenvalue weighted by Crippen LogP contribution is 2.41. The molecule has 5 aromatic rings. The van der Waals surface area contributed by atoms with E-state index in [9.17, 15) is 28.7 Å². The van der Waals surface area contributed by atoms with Gasteiger partial charge in [-0.25, -0.2) is 19.3 Å². The number of halogens is 2. The summed E-state index contributed by atoms with van der Waals surface area (Å²) in [6.07, 6.45) is 3.13. The molecule has 1 saturated heterocycles. The summed E-state index contributed by atoms with van der Waals surface area (Å²) in [7, 11) is 0. The molecule has 0 radical (unpaired) electrons. The Kier molecular flexibility index (Phi) is 22.1. The molecule has 18 nitrogen and oxygen atoms in total. The average molecular weight is 1120 g/mol. The van der Waals surface area contributed by atoms with E-state index in [1.165, 1.54) is 22.3 Å². The summed E-state index contributed by atoms with van der Waals surface area (Å²) in [5, 5.41) is 25.2. The molecule has 4 amide bonds. The molecule has 2 aromatic carbocycles. The first-order chi connectivity index (χ1) is 37.1. The number of carbonyl (C=O) groups is 4. The van der Waals surface area contributed by atoms with Crippen LogP contribution in [0.25, 0.3) is 10.4 Å². The van der Waals surface area contributed by atoms with E-state index >= 15 is 0 Å². The summed E-state index contributed by atoms with van der Waals surface area (Å²) in [5.41, 5.74) is 3.99. The smallest absolute Gasteiger partial charge is 0.246 e. The average Bonchev–Trinajstić information content (AvgIpc) is 4.20. The lowest BCUT2D eigenvalue weighted by Crippen LogP contribution is -2.57. The Bertz CT molecular complexity index is 2690. The number of aliphatic hydroxyl groups excluding tert-OH is 1. The molecule has 77 heavy (non-hydrogen) atoms. The SMILES string of the molecule is Cc1ncsc1-c1ccc(CNC(=O)[C@@H]2C[C@@H](O)CN2C(=O)[C@@H](NC(=O)CCOCCOCCOCCOCCNC(=O)[C@]2(Cc3cccc(Nc4nccs4)n3)CC[C@@H](Oc3cccc(Cl)c3F)CC2)C(C)(C)C)cc1. The maximum absolute atomic E-state index is 14.7. The molecular formula is C55H70ClFN8O10S2. The van der Waals surface area contributed by atoms with Crippen molar-refractivity contribution >= 4 is 68.9 Å². The third-order valence-corrected chi connectivity index (χ3v) is 15.4. The van der Waals surface area contributed by atoms with Crippen LogP contribution in [0.3, 0.4) is 0 Å². The number of hydrogen-bond acceptors (Lipinski definition) is 16. The van der Waals surface area contributed by atoms with Gasteiger partial charge in [-0.05, 0) is 73.4 Å². The minimum absolute atomic E-state index is 0.00476. The van der Waals surface area contributed by atoms with Gasteiger partial charge in [-0.1, -0.05) is 68.8 Å². The fourth-order valence-electron chi connectivity index (χ4n) is 9.25. The number of aromatic nitrogens is 3. The maximum Gasteiger partial charge on any atom is 0.246 e. The fourth-order valence-corrected chi connectivity index (χ4v) is 10.8. The van der Waals surface area contributed by atoms with Gasteiger partial charge in [0.25, 0.3) is 0 Å². The third-order valence-electron chi connectivity index (χ3n) is 13.4. The lowest BCUT2D eigenvalue weighted by molar-refractivity contribution is -0.144. The summed E-state index contributed by atoms with van der Waals surface area (Å²) in [5.74, 6) is -1.17. The number of aryl methyl sites for hydroxylation is 1. The lowest BCUT2D eigenvalue weighted by Gasteiger charge is -2.39. The van der Waals surface area contributed by atoms with Crippen LogP contribution in [0.2, 0.25) is 5.02 Å². The largest absolute Gasteiger partial charge is 0.487 e. The predicted molar refractivity (Wildman–Crippen MR) is 293 cm³/mol. The van der Waals surface area contributed by atoms with E-state index in [-0.39, 0.29) is 87.0 Å². The molecule has 1 aliphatic heterocycles. The Hall–Kier alpha value is -5.65. The molecule has 0 unspecified atom stereocenters. The van der Waals surface area contributed by atoms with Gasteiger partial charge in [0.05, 0.1) is 91.6 Å². The summed E-state index contributed by atoms with van der Waals surface area (Å²) in [4.78, 5) is 70.4. The van der Waals surface area contributed by atoms with Gasteiger partial charge in [0.1, 0.15) is 17.9 Å². The number of aliphatic hydroxyl groups is 1.